The molecule has 1 fully saturated rings. The van der Waals surface area contributed by atoms with Crippen LogP contribution >= 0.6 is 11.8 Å². The van der Waals surface area contributed by atoms with Gasteiger partial charge in [0, 0.05) is 36.3 Å². The van der Waals surface area contributed by atoms with Gasteiger partial charge in [-0.25, -0.2) is 4.68 Å². The molecule has 0 bridgehead atoms. The highest BCUT2D eigenvalue weighted by atomic mass is 32.2. The molecule has 2 heterocycles. The van der Waals surface area contributed by atoms with Crippen LogP contribution in [0.5, 0.6) is 5.75 Å². The van der Waals surface area contributed by atoms with Crippen LogP contribution in [0.15, 0.2) is 41.2 Å². The maximum Gasteiger partial charge on any atom is 0.267 e. The van der Waals surface area contributed by atoms with Gasteiger partial charge >= 0.3 is 0 Å². The van der Waals surface area contributed by atoms with Gasteiger partial charge in [-0.05, 0) is 30.3 Å². The third-order valence-corrected chi connectivity index (χ3v) is 4.80. The number of thioether (sulfide) groups is 1. The lowest BCUT2D eigenvalue weighted by Gasteiger charge is -2.27. The summed E-state index contributed by atoms with van der Waals surface area (Å²) < 4.78 is 6.29. The summed E-state index contributed by atoms with van der Waals surface area (Å²) in [5.74, 6) is 3.23. The van der Waals surface area contributed by atoms with Crippen LogP contribution in [0, 0.1) is 0 Å². The molecule has 1 amide bonds. The molecule has 25 heavy (non-hydrogen) atoms. The van der Waals surface area contributed by atoms with Gasteiger partial charge in [0.1, 0.15) is 18.1 Å². The molecule has 8 heteroatoms. The van der Waals surface area contributed by atoms with Crippen LogP contribution in [0.3, 0.4) is 0 Å². The zero-order valence-electron chi connectivity index (χ0n) is 14.0. The summed E-state index contributed by atoms with van der Waals surface area (Å²) in [5.41, 5.74) is 0.350. The maximum atomic E-state index is 12.2. The van der Waals surface area contributed by atoms with Crippen LogP contribution in [0.1, 0.15) is 0 Å². The number of hydrogen-bond acceptors (Lipinski definition) is 6. The molecule has 1 aromatic carbocycles. The zero-order chi connectivity index (χ0) is 17.6. The van der Waals surface area contributed by atoms with E-state index in [-0.39, 0.29) is 18.0 Å². The Morgan fingerprint density at radius 3 is 2.60 bits per heavy atom. The minimum absolute atomic E-state index is 0.124. The number of nitrogens with zero attached hydrogens (tertiary/aromatic N) is 3. The molecule has 0 saturated carbocycles. The maximum absolute atomic E-state index is 12.2. The van der Waals surface area contributed by atoms with Crippen molar-refractivity contribution in [1.82, 2.24) is 9.78 Å². The Morgan fingerprint density at radius 1 is 1.20 bits per heavy atom. The largest absolute Gasteiger partial charge is 0.497 e. The second-order valence-corrected chi connectivity index (χ2v) is 6.79. The first kappa shape index (κ1) is 17.3. The van der Waals surface area contributed by atoms with Crippen LogP contribution in [0.4, 0.5) is 11.5 Å². The lowest BCUT2D eigenvalue weighted by Crippen LogP contribution is -2.36. The molecule has 0 radical (unpaired) electrons. The van der Waals surface area contributed by atoms with E-state index in [2.05, 4.69) is 15.3 Å². The number of carbonyl (C=O) groups excluding carboxylic acids is 1. The van der Waals surface area contributed by atoms with E-state index in [1.807, 2.05) is 11.8 Å². The second-order valence-electron chi connectivity index (χ2n) is 5.56. The normalized spacial score (nSPS) is 14.2. The zero-order valence-corrected chi connectivity index (χ0v) is 14.8. The number of ether oxygens (including phenoxy) is 1. The summed E-state index contributed by atoms with van der Waals surface area (Å²) in [6, 6.07) is 10.2. The molecular formula is C17H20N4O3S. The lowest BCUT2D eigenvalue weighted by molar-refractivity contribution is -0.117. The van der Waals surface area contributed by atoms with Crippen LogP contribution in [-0.4, -0.2) is 47.4 Å². The monoisotopic (exact) mass is 360 g/mol. The van der Waals surface area contributed by atoms with E-state index in [1.54, 1.807) is 37.4 Å². The van der Waals surface area contributed by atoms with Gasteiger partial charge in [0.05, 0.1) is 7.11 Å². The minimum Gasteiger partial charge on any atom is -0.497 e. The van der Waals surface area contributed by atoms with Gasteiger partial charge in [-0.3, -0.25) is 9.59 Å². The molecule has 2 aromatic rings. The van der Waals surface area contributed by atoms with Crippen molar-refractivity contribution < 1.29 is 9.53 Å². The number of hydrogen-bond donors (Lipinski definition) is 1. The predicted octanol–water partition coefficient (Wildman–Crippen LogP) is 1.44. The van der Waals surface area contributed by atoms with Crippen LogP contribution in [0.25, 0.3) is 0 Å². The fraction of sp³-hybridized carbons (Fsp3) is 0.353. The van der Waals surface area contributed by atoms with Gasteiger partial charge < -0.3 is 15.0 Å². The van der Waals surface area contributed by atoms with Crippen LogP contribution < -0.4 is 20.5 Å². The first-order chi connectivity index (χ1) is 12.2. The van der Waals surface area contributed by atoms with Gasteiger partial charge in [-0.2, -0.15) is 16.9 Å². The number of rotatable bonds is 5. The topological polar surface area (TPSA) is 76.5 Å². The number of amides is 1. The van der Waals surface area contributed by atoms with Crippen molar-refractivity contribution in [3.05, 3.63) is 46.8 Å². The summed E-state index contributed by atoms with van der Waals surface area (Å²) in [5, 5.41) is 7.10. The molecule has 0 spiro atoms. The molecule has 132 valence electrons. The standard InChI is InChI=1S/C17H20N4O3S/c1-24-14-4-2-13(3-5-14)18-16(22)12-21-17(23)7-6-15(19-21)20-8-10-25-11-9-20/h2-7H,8-12H2,1H3,(H,18,22). The molecule has 1 aliphatic heterocycles. The van der Waals surface area contributed by atoms with Gasteiger partial charge in [-0.15, -0.1) is 0 Å². The van der Waals surface area contributed by atoms with Crippen LogP contribution in [0.2, 0.25) is 0 Å². The number of methoxy groups -OCH3 is 1. The van der Waals surface area contributed by atoms with E-state index < -0.39 is 0 Å². The van der Waals surface area contributed by atoms with E-state index in [0.717, 1.165) is 30.4 Å². The van der Waals surface area contributed by atoms with Crippen molar-refractivity contribution in [3.63, 3.8) is 0 Å². The minimum atomic E-state index is -0.300. The molecule has 1 N–H and O–H groups in total. The number of anilines is 2. The van der Waals surface area contributed by atoms with Crippen molar-refractivity contribution >= 4 is 29.2 Å². The Balaban J connectivity index is 1.68. The number of nitrogens with one attached hydrogen (secondary N) is 1. The van der Waals surface area contributed by atoms with E-state index >= 15 is 0 Å². The first-order valence-electron chi connectivity index (χ1n) is 8.00. The average molecular weight is 360 g/mol. The molecule has 7 nitrogen and oxygen atoms in total. The summed E-state index contributed by atoms with van der Waals surface area (Å²) in [6.07, 6.45) is 0. The van der Waals surface area contributed by atoms with Crippen molar-refractivity contribution in [3.8, 4) is 5.75 Å². The highest BCUT2D eigenvalue weighted by Gasteiger charge is 2.14. The Morgan fingerprint density at radius 2 is 1.92 bits per heavy atom. The third kappa shape index (κ3) is 4.54. The SMILES string of the molecule is COc1ccc(NC(=O)Cn2nc(N3CCSCC3)ccc2=O)cc1. The van der Waals surface area contributed by atoms with E-state index in [0.29, 0.717) is 11.4 Å². The van der Waals surface area contributed by atoms with Crippen molar-refractivity contribution in [1.29, 1.82) is 0 Å². The first-order valence-corrected chi connectivity index (χ1v) is 9.16. The smallest absolute Gasteiger partial charge is 0.267 e. The van der Waals surface area contributed by atoms with Crippen molar-refractivity contribution in [2.24, 2.45) is 0 Å². The summed E-state index contributed by atoms with van der Waals surface area (Å²) in [4.78, 5) is 26.4. The van der Waals surface area contributed by atoms with E-state index in [4.69, 9.17) is 4.74 Å². The number of benzene rings is 1. The van der Waals surface area contributed by atoms with Gasteiger partial charge in [0.15, 0.2) is 0 Å². The van der Waals surface area contributed by atoms with Crippen LogP contribution in [-0.2, 0) is 11.3 Å². The Hall–Kier alpha value is -2.48. The second kappa shape index (κ2) is 8.06. The van der Waals surface area contributed by atoms with Gasteiger partial charge in [-0.1, -0.05) is 0 Å². The number of carbonyl (C=O) groups is 1. The molecule has 1 aliphatic rings. The molecule has 0 unspecified atom stereocenters. The Labute approximate surface area is 150 Å². The number of aromatic nitrogens is 2. The van der Waals surface area contributed by atoms with Crippen molar-refractivity contribution in [2.45, 2.75) is 6.54 Å². The third-order valence-electron chi connectivity index (χ3n) is 3.85. The predicted molar refractivity (Wildman–Crippen MR) is 99.7 cm³/mol. The average Bonchev–Trinajstić information content (AvgIpc) is 2.65. The molecular weight excluding hydrogens is 340 g/mol. The molecule has 1 saturated heterocycles. The molecule has 3 rings (SSSR count). The molecule has 0 aliphatic carbocycles. The lowest BCUT2D eigenvalue weighted by atomic mass is 10.3. The van der Waals surface area contributed by atoms with Gasteiger partial charge in [0.2, 0.25) is 5.91 Å². The Bertz CT molecular complexity index is 785. The van der Waals surface area contributed by atoms with Crippen molar-refractivity contribution in [2.75, 3.05) is 41.9 Å². The Kier molecular flexibility index (Phi) is 5.60. The highest BCUT2D eigenvalue weighted by Crippen LogP contribution is 2.16. The molecule has 1 aromatic heterocycles. The quantitative estimate of drug-likeness (QED) is 0.870. The fourth-order valence-electron chi connectivity index (χ4n) is 2.52. The summed E-state index contributed by atoms with van der Waals surface area (Å²) in [7, 11) is 1.58. The highest BCUT2D eigenvalue weighted by molar-refractivity contribution is 7.99. The van der Waals surface area contributed by atoms with E-state index in [1.165, 1.54) is 10.7 Å². The summed E-state index contributed by atoms with van der Waals surface area (Å²) >= 11 is 1.90. The van der Waals surface area contributed by atoms with E-state index in [9.17, 15) is 9.59 Å². The summed E-state index contributed by atoms with van der Waals surface area (Å²) in [6.45, 7) is 1.67. The fourth-order valence-corrected chi connectivity index (χ4v) is 3.43. The molecule has 0 atom stereocenters. The van der Waals surface area contributed by atoms with Gasteiger partial charge in [0.25, 0.3) is 5.56 Å².